The zero-order valence-electron chi connectivity index (χ0n) is 16.1. The highest BCUT2D eigenvalue weighted by Crippen LogP contribution is 2.22. The van der Waals surface area contributed by atoms with E-state index < -0.39 is 0 Å². The van der Waals surface area contributed by atoms with Gasteiger partial charge in [0.2, 0.25) is 5.91 Å². The highest BCUT2D eigenvalue weighted by atomic mass is 35.5. The Bertz CT molecular complexity index is 636. The molecule has 2 aromatic rings. The Morgan fingerprint density at radius 1 is 1.04 bits per heavy atom. The maximum absolute atomic E-state index is 12.9. The predicted octanol–water partition coefficient (Wildman–Crippen LogP) is 3.97. The van der Waals surface area contributed by atoms with E-state index in [-0.39, 0.29) is 12.4 Å². The van der Waals surface area contributed by atoms with Crippen molar-refractivity contribution in [1.29, 1.82) is 0 Å². The fourth-order valence-corrected chi connectivity index (χ4v) is 4.00. The number of rotatable bonds is 8. The number of nitrogens with zero attached hydrogens (tertiary/aromatic N) is 1. The molecule has 27 heavy (non-hydrogen) atoms. The molecular weight excluding hydrogens is 356 g/mol. The van der Waals surface area contributed by atoms with Crippen LogP contribution in [0.15, 0.2) is 60.7 Å². The molecule has 1 fully saturated rings. The molecule has 1 aliphatic heterocycles. The first-order valence-electron chi connectivity index (χ1n) is 9.75. The molecule has 146 valence electrons. The summed E-state index contributed by atoms with van der Waals surface area (Å²) in [5, 5.41) is 3.24. The quantitative estimate of drug-likeness (QED) is 0.744. The molecule has 0 bridgehead atoms. The van der Waals surface area contributed by atoms with Crippen LogP contribution in [0.2, 0.25) is 0 Å². The van der Waals surface area contributed by atoms with Crippen molar-refractivity contribution in [2.75, 3.05) is 26.7 Å². The van der Waals surface area contributed by atoms with Gasteiger partial charge in [0.15, 0.2) is 0 Å². The first-order valence-corrected chi connectivity index (χ1v) is 9.75. The molecular formula is C23H31ClN2O. The normalized spacial score (nSPS) is 16.4. The molecule has 0 aromatic heterocycles. The Hall–Kier alpha value is -1.84. The molecule has 1 heterocycles. The van der Waals surface area contributed by atoms with Crippen LogP contribution >= 0.6 is 12.4 Å². The zero-order chi connectivity index (χ0) is 18.2. The predicted molar refractivity (Wildman–Crippen MR) is 114 cm³/mol. The molecule has 2 aromatic carbocycles. The van der Waals surface area contributed by atoms with Gasteiger partial charge in [-0.05, 0) is 55.8 Å². The summed E-state index contributed by atoms with van der Waals surface area (Å²) in [7, 11) is 1.99. The van der Waals surface area contributed by atoms with E-state index >= 15 is 0 Å². The summed E-state index contributed by atoms with van der Waals surface area (Å²) >= 11 is 0. The van der Waals surface area contributed by atoms with Crippen LogP contribution in [0, 0.1) is 11.8 Å². The number of carbonyl (C=O) groups is 1. The van der Waals surface area contributed by atoms with Gasteiger partial charge >= 0.3 is 0 Å². The molecule has 3 rings (SSSR count). The van der Waals surface area contributed by atoms with E-state index in [0.29, 0.717) is 24.2 Å². The minimum Gasteiger partial charge on any atom is -0.342 e. The van der Waals surface area contributed by atoms with Gasteiger partial charge in [-0.2, -0.15) is 0 Å². The molecule has 0 radical (unpaired) electrons. The second-order valence-corrected chi connectivity index (χ2v) is 7.50. The Morgan fingerprint density at radius 2 is 1.59 bits per heavy atom. The Balaban J connectivity index is 0.00000261. The van der Waals surface area contributed by atoms with Gasteiger partial charge in [-0.3, -0.25) is 4.79 Å². The second-order valence-electron chi connectivity index (χ2n) is 7.50. The number of likely N-dealkylation sites (tertiary alicyclic amines) is 1. The van der Waals surface area contributed by atoms with E-state index in [9.17, 15) is 4.79 Å². The third kappa shape index (κ3) is 6.67. The standard InChI is InChI=1S/C23H30N2O.ClH/c1-24-17-21-12-13-25(18-21)23(26)16-22(14-19-8-4-2-5-9-19)15-20-10-6-3-7-11-20;/h2-11,21-22,24H,12-18H2,1H3;1H. The lowest BCUT2D eigenvalue weighted by Crippen LogP contribution is -2.32. The van der Waals surface area contributed by atoms with Crippen LogP contribution in [0.4, 0.5) is 0 Å². The molecule has 1 amide bonds. The van der Waals surface area contributed by atoms with E-state index in [1.165, 1.54) is 11.1 Å². The maximum atomic E-state index is 12.9. The van der Waals surface area contributed by atoms with Gasteiger partial charge in [0.25, 0.3) is 0 Å². The summed E-state index contributed by atoms with van der Waals surface area (Å²) in [6.45, 7) is 2.82. The molecule has 0 aliphatic carbocycles. The summed E-state index contributed by atoms with van der Waals surface area (Å²) in [5.74, 6) is 1.27. The highest BCUT2D eigenvalue weighted by molar-refractivity contribution is 5.85. The lowest BCUT2D eigenvalue weighted by Gasteiger charge is -2.22. The molecule has 0 spiro atoms. The number of hydrogen-bond donors (Lipinski definition) is 1. The summed E-state index contributed by atoms with van der Waals surface area (Å²) in [4.78, 5) is 15.0. The second kappa shape index (κ2) is 11.1. The summed E-state index contributed by atoms with van der Waals surface area (Å²) < 4.78 is 0. The molecule has 1 N–H and O–H groups in total. The van der Waals surface area contributed by atoms with Gasteiger partial charge < -0.3 is 10.2 Å². The van der Waals surface area contributed by atoms with Crippen LogP contribution in [0.25, 0.3) is 0 Å². The first-order chi connectivity index (χ1) is 12.7. The van der Waals surface area contributed by atoms with Gasteiger partial charge in [0.05, 0.1) is 0 Å². The number of halogens is 1. The highest BCUT2D eigenvalue weighted by Gasteiger charge is 2.27. The van der Waals surface area contributed by atoms with Crippen LogP contribution in [0.1, 0.15) is 24.0 Å². The molecule has 4 heteroatoms. The van der Waals surface area contributed by atoms with Crippen LogP contribution in [0.3, 0.4) is 0 Å². The number of hydrogen-bond acceptors (Lipinski definition) is 2. The SMILES string of the molecule is CNCC1CCN(C(=O)CC(Cc2ccccc2)Cc2ccccc2)C1.Cl. The minimum absolute atomic E-state index is 0. The van der Waals surface area contributed by atoms with Gasteiger partial charge in [-0.1, -0.05) is 60.7 Å². The fourth-order valence-electron chi connectivity index (χ4n) is 4.00. The first kappa shape index (κ1) is 21.5. The average Bonchev–Trinajstić information content (AvgIpc) is 3.12. The fraction of sp³-hybridized carbons (Fsp3) is 0.435. The van der Waals surface area contributed by atoms with E-state index in [2.05, 4.69) is 58.7 Å². The van der Waals surface area contributed by atoms with Crippen molar-refractivity contribution in [2.24, 2.45) is 11.8 Å². The Morgan fingerprint density at radius 3 is 2.11 bits per heavy atom. The van der Waals surface area contributed by atoms with Crippen molar-refractivity contribution < 1.29 is 4.79 Å². The van der Waals surface area contributed by atoms with Gasteiger partial charge in [0, 0.05) is 19.5 Å². The zero-order valence-corrected chi connectivity index (χ0v) is 17.0. The molecule has 1 aliphatic rings. The Labute approximate surface area is 169 Å². The van der Waals surface area contributed by atoms with Crippen LogP contribution in [-0.4, -0.2) is 37.5 Å². The topological polar surface area (TPSA) is 32.3 Å². The van der Waals surface area contributed by atoms with Crippen LogP contribution in [-0.2, 0) is 17.6 Å². The Kier molecular flexibility index (Phi) is 8.83. The van der Waals surface area contributed by atoms with Gasteiger partial charge in [-0.25, -0.2) is 0 Å². The minimum atomic E-state index is 0. The largest absolute Gasteiger partial charge is 0.342 e. The molecule has 1 saturated heterocycles. The molecule has 1 atom stereocenters. The van der Waals surface area contributed by atoms with Gasteiger partial charge in [-0.15, -0.1) is 12.4 Å². The summed E-state index contributed by atoms with van der Waals surface area (Å²) in [6.07, 6.45) is 3.66. The van der Waals surface area contributed by atoms with Crippen molar-refractivity contribution in [1.82, 2.24) is 10.2 Å². The van der Waals surface area contributed by atoms with Crippen LogP contribution < -0.4 is 5.32 Å². The third-order valence-electron chi connectivity index (χ3n) is 5.33. The van der Waals surface area contributed by atoms with Crippen molar-refractivity contribution in [3.63, 3.8) is 0 Å². The van der Waals surface area contributed by atoms with E-state index in [1.807, 2.05) is 19.2 Å². The third-order valence-corrected chi connectivity index (χ3v) is 5.33. The maximum Gasteiger partial charge on any atom is 0.222 e. The van der Waals surface area contributed by atoms with E-state index in [1.54, 1.807) is 0 Å². The number of nitrogens with one attached hydrogen (secondary N) is 1. The van der Waals surface area contributed by atoms with Crippen LogP contribution in [0.5, 0.6) is 0 Å². The number of carbonyl (C=O) groups excluding carboxylic acids is 1. The van der Waals surface area contributed by atoms with Crippen molar-refractivity contribution in [3.8, 4) is 0 Å². The smallest absolute Gasteiger partial charge is 0.222 e. The molecule has 3 nitrogen and oxygen atoms in total. The average molecular weight is 387 g/mol. The monoisotopic (exact) mass is 386 g/mol. The molecule has 1 unspecified atom stereocenters. The van der Waals surface area contributed by atoms with Gasteiger partial charge in [0.1, 0.15) is 0 Å². The van der Waals surface area contributed by atoms with E-state index in [4.69, 9.17) is 0 Å². The van der Waals surface area contributed by atoms with E-state index in [0.717, 1.165) is 38.9 Å². The van der Waals surface area contributed by atoms with Crippen molar-refractivity contribution >= 4 is 18.3 Å². The lowest BCUT2D eigenvalue weighted by atomic mass is 9.89. The number of amides is 1. The lowest BCUT2D eigenvalue weighted by molar-refractivity contribution is -0.131. The summed E-state index contributed by atoms with van der Waals surface area (Å²) in [6, 6.07) is 21.1. The number of benzene rings is 2. The van der Waals surface area contributed by atoms with Crippen molar-refractivity contribution in [3.05, 3.63) is 71.8 Å². The van der Waals surface area contributed by atoms with Crippen molar-refractivity contribution in [2.45, 2.75) is 25.7 Å². The molecule has 0 saturated carbocycles. The summed E-state index contributed by atoms with van der Waals surface area (Å²) in [5.41, 5.74) is 2.63.